The van der Waals surface area contributed by atoms with Crippen LogP contribution in [-0.4, -0.2) is 28.0 Å². The van der Waals surface area contributed by atoms with E-state index in [1.807, 2.05) is 69.5 Å². The molecule has 0 fully saturated rings. The SMILES string of the molecule is CC(C)(C)OC(=O)NCC=Cc1ccc(-n2cccn2)cc1. The fourth-order valence-electron chi connectivity index (χ4n) is 1.81. The molecule has 0 aliphatic rings. The first-order valence-corrected chi connectivity index (χ1v) is 7.17. The fraction of sp³-hybridized carbons (Fsp3) is 0.294. The normalized spacial score (nSPS) is 11.6. The molecule has 0 atom stereocenters. The largest absolute Gasteiger partial charge is 0.444 e. The predicted octanol–water partition coefficient (Wildman–Crippen LogP) is 3.41. The second-order valence-electron chi connectivity index (χ2n) is 5.83. The molecule has 5 heteroatoms. The van der Waals surface area contributed by atoms with Gasteiger partial charge < -0.3 is 10.1 Å². The van der Waals surface area contributed by atoms with Gasteiger partial charge in [0, 0.05) is 18.9 Å². The summed E-state index contributed by atoms with van der Waals surface area (Å²) in [6.45, 7) is 5.94. The summed E-state index contributed by atoms with van der Waals surface area (Å²) in [5, 5.41) is 6.86. The minimum Gasteiger partial charge on any atom is -0.444 e. The number of ether oxygens (including phenoxy) is 1. The second-order valence-corrected chi connectivity index (χ2v) is 5.83. The number of alkyl carbamates (subject to hydrolysis) is 1. The van der Waals surface area contributed by atoms with E-state index in [2.05, 4.69) is 10.4 Å². The van der Waals surface area contributed by atoms with Crippen LogP contribution in [0.5, 0.6) is 0 Å². The van der Waals surface area contributed by atoms with E-state index >= 15 is 0 Å². The number of hydrogen-bond acceptors (Lipinski definition) is 3. The molecule has 0 saturated carbocycles. The lowest BCUT2D eigenvalue weighted by molar-refractivity contribution is 0.0534. The fourth-order valence-corrected chi connectivity index (χ4v) is 1.81. The monoisotopic (exact) mass is 299 g/mol. The van der Waals surface area contributed by atoms with E-state index in [0.717, 1.165) is 11.3 Å². The highest BCUT2D eigenvalue weighted by molar-refractivity contribution is 5.68. The summed E-state index contributed by atoms with van der Waals surface area (Å²) < 4.78 is 6.96. The zero-order valence-corrected chi connectivity index (χ0v) is 13.1. The van der Waals surface area contributed by atoms with E-state index in [9.17, 15) is 4.79 Å². The Kier molecular flexibility index (Phi) is 4.99. The van der Waals surface area contributed by atoms with Crippen LogP contribution in [0, 0.1) is 0 Å². The Hall–Kier alpha value is -2.56. The molecule has 22 heavy (non-hydrogen) atoms. The van der Waals surface area contributed by atoms with Gasteiger partial charge in [0.25, 0.3) is 0 Å². The van der Waals surface area contributed by atoms with E-state index in [1.54, 1.807) is 10.9 Å². The lowest BCUT2D eigenvalue weighted by atomic mass is 10.2. The first-order chi connectivity index (χ1) is 10.4. The van der Waals surface area contributed by atoms with Crippen LogP contribution in [0.4, 0.5) is 4.79 Å². The smallest absolute Gasteiger partial charge is 0.407 e. The van der Waals surface area contributed by atoms with Crippen LogP contribution >= 0.6 is 0 Å². The molecule has 0 aliphatic heterocycles. The van der Waals surface area contributed by atoms with Crippen molar-refractivity contribution < 1.29 is 9.53 Å². The number of carbonyl (C=O) groups excluding carboxylic acids is 1. The van der Waals surface area contributed by atoms with Crippen molar-refractivity contribution in [2.75, 3.05) is 6.54 Å². The molecule has 1 amide bonds. The molecule has 1 heterocycles. The Labute approximate surface area is 130 Å². The molecular weight excluding hydrogens is 278 g/mol. The Morgan fingerprint density at radius 2 is 2.05 bits per heavy atom. The molecule has 1 aromatic carbocycles. The van der Waals surface area contributed by atoms with E-state index in [4.69, 9.17) is 4.74 Å². The minimum absolute atomic E-state index is 0.411. The predicted molar refractivity (Wildman–Crippen MR) is 86.8 cm³/mol. The highest BCUT2D eigenvalue weighted by Gasteiger charge is 2.14. The first-order valence-electron chi connectivity index (χ1n) is 7.17. The van der Waals surface area contributed by atoms with Crippen molar-refractivity contribution in [3.05, 3.63) is 54.4 Å². The lowest BCUT2D eigenvalue weighted by Gasteiger charge is -2.19. The quantitative estimate of drug-likeness (QED) is 0.941. The Balaban J connectivity index is 1.82. The van der Waals surface area contributed by atoms with Gasteiger partial charge in [-0.15, -0.1) is 0 Å². The van der Waals surface area contributed by atoms with Gasteiger partial charge in [0.1, 0.15) is 5.60 Å². The molecule has 0 saturated heterocycles. The molecule has 116 valence electrons. The van der Waals surface area contributed by atoms with Gasteiger partial charge in [-0.3, -0.25) is 0 Å². The lowest BCUT2D eigenvalue weighted by Crippen LogP contribution is -2.32. The number of rotatable bonds is 4. The third kappa shape index (κ3) is 5.09. The van der Waals surface area contributed by atoms with Crippen LogP contribution in [0.15, 0.2) is 48.8 Å². The third-order valence-corrected chi connectivity index (χ3v) is 2.74. The zero-order valence-electron chi connectivity index (χ0n) is 13.1. The molecule has 0 radical (unpaired) electrons. The summed E-state index contributed by atoms with van der Waals surface area (Å²) in [6, 6.07) is 9.88. The van der Waals surface area contributed by atoms with Crippen molar-refractivity contribution in [1.29, 1.82) is 0 Å². The van der Waals surface area contributed by atoms with E-state index in [-0.39, 0.29) is 0 Å². The van der Waals surface area contributed by atoms with Crippen molar-refractivity contribution in [3.8, 4) is 5.69 Å². The van der Waals surface area contributed by atoms with E-state index in [1.165, 1.54) is 0 Å². The molecule has 0 unspecified atom stereocenters. The van der Waals surface area contributed by atoms with Crippen molar-refractivity contribution in [1.82, 2.24) is 15.1 Å². The van der Waals surface area contributed by atoms with Gasteiger partial charge in [-0.05, 0) is 44.5 Å². The number of nitrogens with one attached hydrogen (secondary N) is 1. The zero-order chi connectivity index (χ0) is 16.0. The number of benzene rings is 1. The van der Waals surface area contributed by atoms with Gasteiger partial charge in [0.05, 0.1) is 5.69 Å². The molecule has 1 aromatic heterocycles. The van der Waals surface area contributed by atoms with Crippen LogP contribution in [0.25, 0.3) is 11.8 Å². The van der Waals surface area contributed by atoms with Crippen LogP contribution < -0.4 is 5.32 Å². The molecule has 5 nitrogen and oxygen atoms in total. The molecule has 0 bridgehead atoms. The van der Waals surface area contributed by atoms with Gasteiger partial charge >= 0.3 is 6.09 Å². The summed E-state index contributed by atoms with van der Waals surface area (Å²) in [5.74, 6) is 0. The number of amides is 1. The van der Waals surface area contributed by atoms with Crippen molar-refractivity contribution in [3.63, 3.8) is 0 Å². The minimum atomic E-state index is -0.476. The first kappa shape index (κ1) is 15.8. The van der Waals surface area contributed by atoms with Gasteiger partial charge in [-0.2, -0.15) is 5.10 Å². The molecule has 0 spiro atoms. The van der Waals surface area contributed by atoms with Gasteiger partial charge in [0.15, 0.2) is 0 Å². The molecule has 2 rings (SSSR count). The average molecular weight is 299 g/mol. The number of nitrogens with zero attached hydrogens (tertiary/aromatic N) is 2. The summed E-state index contributed by atoms with van der Waals surface area (Å²) in [5.41, 5.74) is 1.59. The summed E-state index contributed by atoms with van der Waals surface area (Å²) >= 11 is 0. The average Bonchev–Trinajstić information content (AvgIpc) is 2.96. The number of aromatic nitrogens is 2. The molecule has 2 aromatic rings. The third-order valence-electron chi connectivity index (χ3n) is 2.74. The maximum Gasteiger partial charge on any atom is 0.407 e. The standard InChI is InChI=1S/C17H21N3O2/c1-17(2,3)22-16(21)18-11-4-6-14-7-9-15(10-8-14)20-13-5-12-19-20/h4-10,12-13H,11H2,1-3H3,(H,18,21). The highest BCUT2D eigenvalue weighted by atomic mass is 16.6. The number of hydrogen-bond donors (Lipinski definition) is 1. The van der Waals surface area contributed by atoms with Crippen molar-refractivity contribution >= 4 is 12.2 Å². The van der Waals surface area contributed by atoms with Crippen LogP contribution in [0.2, 0.25) is 0 Å². The highest BCUT2D eigenvalue weighted by Crippen LogP contribution is 2.10. The van der Waals surface area contributed by atoms with E-state index < -0.39 is 11.7 Å². The molecular formula is C17H21N3O2. The van der Waals surface area contributed by atoms with Crippen molar-refractivity contribution in [2.24, 2.45) is 0 Å². The summed E-state index contributed by atoms with van der Waals surface area (Å²) in [4.78, 5) is 11.5. The Bertz CT molecular complexity index is 623. The Morgan fingerprint density at radius 3 is 2.64 bits per heavy atom. The Morgan fingerprint density at radius 1 is 1.32 bits per heavy atom. The summed E-state index contributed by atoms with van der Waals surface area (Å²) in [6.07, 6.45) is 7.06. The topological polar surface area (TPSA) is 56.1 Å². The maximum atomic E-state index is 11.5. The van der Waals surface area contributed by atoms with Crippen LogP contribution in [0.1, 0.15) is 26.3 Å². The molecule has 0 aliphatic carbocycles. The summed E-state index contributed by atoms with van der Waals surface area (Å²) in [7, 11) is 0. The second kappa shape index (κ2) is 6.93. The van der Waals surface area contributed by atoms with Gasteiger partial charge in [-0.25, -0.2) is 9.48 Å². The van der Waals surface area contributed by atoms with Crippen LogP contribution in [0.3, 0.4) is 0 Å². The number of carbonyl (C=O) groups is 1. The van der Waals surface area contributed by atoms with E-state index in [0.29, 0.717) is 6.54 Å². The van der Waals surface area contributed by atoms with Crippen LogP contribution in [-0.2, 0) is 4.74 Å². The van der Waals surface area contributed by atoms with Gasteiger partial charge in [0.2, 0.25) is 0 Å². The molecule has 1 N–H and O–H groups in total. The van der Waals surface area contributed by atoms with Crippen molar-refractivity contribution in [2.45, 2.75) is 26.4 Å². The maximum absolute atomic E-state index is 11.5. The van der Waals surface area contributed by atoms with Gasteiger partial charge in [-0.1, -0.05) is 24.3 Å².